The summed E-state index contributed by atoms with van der Waals surface area (Å²) in [7, 11) is 0. The molecule has 0 N–H and O–H groups in total. The van der Waals surface area contributed by atoms with E-state index in [0.717, 1.165) is 53.4 Å². The number of hydrogen-bond donors (Lipinski definition) is 0. The van der Waals surface area contributed by atoms with Crippen molar-refractivity contribution in [1.82, 2.24) is 19.7 Å². The van der Waals surface area contributed by atoms with E-state index < -0.39 is 0 Å². The number of halogens is 2. The van der Waals surface area contributed by atoms with Crippen molar-refractivity contribution in [3.8, 4) is 11.4 Å². The number of hydrogen-bond acceptors (Lipinski definition) is 5. The third-order valence-electron chi connectivity index (χ3n) is 6.12. The zero-order valence-corrected chi connectivity index (χ0v) is 19.8. The average Bonchev–Trinajstić information content (AvgIpc) is 3.29. The lowest BCUT2D eigenvalue weighted by molar-refractivity contribution is 0.0847. The molecule has 162 valence electrons. The smallest absolute Gasteiger partial charge is 0.140 e. The Labute approximate surface area is 196 Å². The SMILES string of the molecule is Cc1nnc(C)n1-c1ccc(O[C@@H]2c3cc(Cl)ccc3C[C@@H]2N2CCSCC2)c(Cl)c1. The summed E-state index contributed by atoms with van der Waals surface area (Å²) in [4.78, 5) is 2.56. The Morgan fingerprint density at radius 2 is 1.74 bits per heavy atom. The molecule has 0 radical (unpaired) electrons. The lowest BCUT2D eigenvalue weighted by atomic mass is 10.1. The van der Waals surface area contributed by atoms with Crippen molar-refractivity contribution in [3.05, 3.63) is 69.2 Å². The summed E-state index contributed by atoms with van der Waals surface area (Å²) >= 11 is 15.1. The Morgan fingerprint density at radius 3 is 2.45 bits per heavy atom. The van der Waals surface area contributed by atoms with Gasteiger partial charge in [-0.15, -0.1) is 10.2 Å². The van der Waals surface area contributed by atoms with E-state index in [2.05, 4.69) is 21.2 Å². The van der Waals surface area contributed by atoms with E-state index in [1.165, 1.54) is 11.1 Å². The molecular weight excluding hydrogens is 451 g/mol. The largest absolute Gasteiger partial charge is 0.482 e. The van der Waals surface area contributed by atoms with E-state index in [0.29, 0.717) is 10.8 Å². The molecule has 2 atom stereocenters. The zero-order chi connectivity index (χ0) is 21.5. The third kappa shape index (κ3) is 4.07. The molecule has 1 aromatic heterocycles. The van der Waals surface area contributed by atoms with E-state index in [1.54, 1.807) is 0 Å². The summed E-state index contributed by atoms with van der Waals surface area (Å²) in [5.74, 6) is 4.65. The average molecular weight is 475 g/mol. The predicted molar refractivity (Wildman–Crippen MR) is 127 cm³/mol. The summed E-state index contributed by atoms with van der Waals surface area (Å²) in [6.07, 6.45) is 0.870. The Morgan fingerprint density at radius 1 is 1.00 bits per heavy atom. The molecule has 2 aliphatic rings. The van der Waals surface area contributed by atoms with Gasteiger partial charge in [0, 0.05) is 29.6 Å². The molecule has 0 saturated carbocycles. The van der Waals surface area contributed by atoms with Crippen LogP contribution in [-0.2, 0) is 6.42 Å². The Bertz CT molecular complexity index is 1090. The molecule has 3 aromatic rings. The van der Waals surface area contributed by atoms with Crippen LogP contribution in [-0.4, -0.2) is 50.3 Å². The number of thioether (sulfide) groups is 1. The van der Waals surface area contributed by atoms with Crippen molar-refractivity contribution in [2.45, 2.75) is 32.4 Å². The highest BCUT2D eigenvalue weighted by atomic mass is 35.5. The minimum atomic E-state index is -0.0986. The molecule has 31 heavy (non-hydrogen) atoms. The first-order chi connectivity index (χ1) is 15.0. The van der Waals surface area contributed by atoms with Crippen LogP contribution in [0.1, 0.15) is 28.9 Å². The number of fused-ring (bicyclic) bond motifs is 1. The van der Waals surface area contributed by atoms with E-state index in [9.17, 15) is 0 Å². The Kier molecular flexibility index (Phi) is 5.90. The lowest BCUT2D eigenvalue weighted by Crippen LogP contribution is -2.44. The zero-order valence-electron chi connectivity index (χ0n) is 17.5. The van der Waals surface area contributed by atoms with Gasteiger partial charge < -0.3 is 4.74 Å². The number of rotatable bonds is 4. The second kappa shape index (κ2) is 8.66. The van der Waals surface area contributed by atoms with Gasteiger partial charge >= 0.3 is 0 Å². The van der Waals surface area contributed by atoms with Crippen LogP contribution in [0.25, 0.3) is 5.69 Å². The van der Waals surface area contributed by atoms with Crippen LogP contribution in [0.3, 0.4) is 0 Å². The third-order valence-corrected chi connectivity index (χ3v) is 7.59. The van der Waals surface area contributed by atoms with Crippen molar-refractivity contribution in [2.75, 3.05) is 24.6 Å². The fourth-order valence-electron chi connectivity index (χ4n) is 4.63. The van der Waals surface area contributed by atoms with E-state index in [1.807, 2.05) is 60.5 Å². The van der Waals surface area contributed by atoms with Crippen LogP contribution in [0.2, 0.25) is 10.0 Å². The van der Waals surface area contributed by atoms with Gasteiger partial charge in [-0.05, 0) is 61.7 Å². The van der Waals surface area contributed by atoms with E-state index in [4.69, 9.17) is 27.9 Å². The molecule has 2 heterocycles. The molecule has 0 amide bonds. The first-order valence-electron chi connectivity index (χ1n) is 10.5. The normalized spacial score (nSPS) is 21.3. The van der Waals surface area contributed by atoms with Gasteiger partial charge in [0.2, 0.25) is 0 Å². The number of benzene rings is 2. The Balaban J connectivity index is 1.47. The molecule has 1 aliphatic heterocycles. The van der Waals surface area contributed by atoms with Gasteiger partial charge in [0.15, 0.2) is 0 Å². The highest BCUT2D eigenvalue weighted by Crippen LogP contribution is 2.41. The number of aryl methyl sites for hydroxylation is 2. The fourth-order valence-corrected chi connectivity index (χ4v) is 5.96. The first kappa shape index (κ1) is 21.1. The van der Waals surface area contributed by atoms with Gasteiger partial charge in [0.1, 0.15) is 23.5 Å². The van der Waals surface area contributed by atoms with Crippen LogP contribution in [0.4, 0.5) is 0 Å². The van der Waals surface area contributed by atoms with Gasteiger partial charge in [-0.25, -0.2) is 0 Å². The number of ether oxygens (including phenoxy) is 1. The summed E-state index contributed by atoms with van der Waals surface area (Å²) in [6, 6.07) is 12.3. The van der Waals surface area contributed by atoms with Crippen LogP contribution in [0, 0.1) is 13.8 Å². The van der Waals surface area contributed by atoms with Crippen LogP contribution in [0.5, 0.6) is 5.75 Å². The monoisotopic (exact) mass is 474 g/mol. The van der Waals surface area contributed by atoms with Gasteiger partial charge in [-0.3, -0.25) is 9.47 Å². The maximum absolute atomic E-state index is 6.70. The van der Waals surface area contributed by atoms with Crippen molar-refractivity contribution in [3.63, 3.8) is 0 Å². The van der Waals surface area contributed by atoms with Gasteiger partial charge in [-0.2, -0.15) is 11.8 Å². The van der Waals surface area contributed by atoms with Crippen molar-refractivity contribution >= 4 is 35.0 Å². The molecule has 1 saturated heterocycles. The maximum atomic E-state index is 6.70. The fraction of sp³-hybridized carbons (Fsp3) is 0.391. The molecule has 8 heteroatoms. The van der Waals surface area contributed by atoms with Crippen molar-refractivity contribution in [1.29, 1.82) is 0 Å². The van der Waals surface area contributed by atoms with Gasteiger partial charge in [-0.1, -0.05) is 29.3 Å². The van der Waals surface area contributed by atoms with Crippen LogP contribution >= 0.6 is 35.0 Å². The quantitative estimate of drug-likeness (QED) is 0.514. The Hall–Kier alpha value is -1.73. The molecule has 5 nitrogen and oxygen atoms in total. The molecule has 0 unspecified atom stereocenters. The molecule has 1 fully saturated rings. The summed E-state index contributed by atoms with van der Waals surface area (Å²) < 4.78 is 8.59. The maximum Gasteiger partial charge on any atom is 0.140 e. The molecule has 1 aliphatic carbocycles. The van der Waals surface area contributed by atoms with Gasteiger partial charge in [0.05, 0.1) is 16.8 Å². The summed E-state index contributed by atoms with van der Waals surface area (Å²) in [5.41, 5.74) is 3.40. The van der Waals surface area contributed by atoms with E-state index >= 15 is 0 Å². The standard InChI is InChI=1S/C23H24Cl2N4OS/c1-14-26-27-15(2)29(14)18-5-6-22(20(25)13-18)30-23-19-12-17(24)4-3-16(19)11-21(23)28-7-9-31-10-8-28/h3-6,12-13,21,23H,7-11H2,1-2H3/t21-,23+/m0/s1. The van der Waals surface area contributed by atoms with E-state index in [-0.39, 0.29) is 12.1 Å². The van der Waals surface area contributed by atoms with Crippen LogP contribution < -0.4 is 4.74 Å². The minimum absolute atomic E-state index is 0.0986. The highest BCUT2D eigenvalue weighted by molar-refractivity contribution is 7.99. The van der Waals surface area contributed by atoms with Crippen LogP contribution in [0.15, 0.2) is 36.4 Å². The molecule has 2 aromatic carbocycles. The van der Waals surface area contributed by atoms with Crippen molar-refractivity contribution in [2.24, 2.45) is 0 Å². The molecular formula is C23H24Cl2N4OS. The number of aromatic nitrogens is 3. The predicted octanol–water partition coefficient (Wildman–Crippen LogP) is 5.28. The molecule has 0 bridgehead atoms. The number of nitrogens with zero attached hydrogens (tertiary/aromatic N) is 4. The highest BCUT2D eigenvalue weighted by Gasteiger charge is 2.39. The summed E-state index contributed by atoms with van der Waals surface area (Å²) in [5, 5.41) is 9.60. The first-order valence-corrected chi connectivity index (χ1v) is 12.4. The van der Waals surface area contributed by atoms with Crippen molar-refractivity contribution < 1.29 is 4.74 Å². The molecule has 0 spiro atoms. The second-order valence-electron chi connectivity index (χ2n) is 8.05. The summed E-state index contributed by atoms with van der Waals surface area (Å²) in [6.45, 7) is 6.02. The lowest BCUT2D eigenvalue weighted by Gasteiger charge is -2.35. The topological polar surface area (TPSA) is 43.2 Å². The minimum Gasteiger partial charge on any atom is -0.482 e. The van der Waals surface area contributed by atoms with Gasteiger partial charge in [0.25, 0.3) is 0 Å². The second-order valence-corrected chi connectivity index (χ2v) is 10.1. The molecule has 5 rings (SSSR count).